The molecule has 1 unspecified atom stereocenters. The first-order chi connectivity index (χ1) is 5.52. The minimum atomic E-state index is 0.204. The summed E-state index contributed by atoms with van der Waals surface area (Å²) in [4.78, 5) is 8.03. The molecule has 1 atom stereocenters. The standard InChI is InChI=1S/C9H19N3/c1-5-8(9(2,3)4)12-7-11-6-10/h6-8H,5H2,1-4H3,(H2,10,11,12). The number of nitrogens with zero attached hydrogens (tertiary/aromatic N) is 2. The molecule has 0 fully saturated rings. The maximum absolute atomic E-state index is 5.08. The van der Waals surface area contributed by atoms with Gasteiger partial charge in [0.15, 0.2) is 0 Å². The number of aliphatic imine (C=N–C) groups is 2. The SMILES string of the molecule is CCC(/N=C\N=C/N)C(C)(C)C. The molecule has 0 aromatic heterocycles. The van der Waals surface area contributed by atoms with Gasteiger partial charge in [0, 0.05) is 0 Å². The van der Waals surface area contributed by atoms with E-state index >= 15 is 0 Å². The second-order valence-electron chi connectivity index (χ2n) is 3.85. The molecule has 0 saturated heterocycles. The minimum Gasteiger partial charge on any atom is -0.390 e. The molecular weight excluding hydrogens is 150 g/mol. The molecule has 12 heavy (non-hydrogen) atoms. The molecule has 0 aromatic carbocycles. The molecule has 0 amide bonds. The molecule has 2 N–H and O–H groups in total. The van der Waals surface area contributed by atoms with Crippen molar-refractivity contribution in [1.82, 2.24) is 0 Å². The predicted octanol–water partition coefficient (Wildman–Crippen LogP) is 1.83. The number of nitrogens with two attached hydrogens (primary N) is 1. The smallest absolute Gasteiger partial charge is 0.111 e. The van der Waals surface area contributed by atoms with Gasteiger partial charge in [0.05, 0.1) is 12.4 Å². The summed E-state index contributed by atoms with van der Waals surface area (Å²) in [6.45, 7) is 8.64. The second kappa shape index (κ2) is 4.91. The fourth-order valence-electron chi connectivity index (χ4n) is 1.10. The van der Waals surface area contributed by atoms with Crippen LogP contribution >= 0.6 is 0 Å². The Hall–Kier alpha value is -0.860. The number of hydrogen-bond donors (Lipinski definition) is 1. The van der Waals surface area contributed by atoms with Gasteiger partial charge in [0.25, 0.3) is 0 Å². The zero-order chi connectivity index (χ0) is 9.61. The first kappa shape index (κ1) is 11.1. The molecule has 3 heteroatoms. The van der Waals surface area contributed by atoms with E-state index in [0.29, 0.717) is 6.04 Å². The van der Waals surface area contributed by atoms with Crippen molar-refractivity contribution in [1.29, 1.82) is 0 Å². The van der Waals surface area contributed by atoms with Crippen molar-refractivity contribution < 1.29 is 0 Å². The highest BCUT2D eigenvalue weighted by atomic mass is 14.9. The van der Waals surface area contributed by atoms with Gasteiger partial charge in [-0.2, -0.15) is 0 Å². The van der Waals surface area contributed by atoms with Crippen LogP contribution in [0.4, 0.5) is 0 Å². The van der Waals surface area contributed by atoms with Gasteiger partial charge < -0.3 is 5.73 Å². The maximum atomic E-state index is 5.08. The normalized spacial score (nSPS) is 16.0. The summed E-state index contributed by atoms with van der Waals surface area (Å²) in [7, 11) is 0. The number of rotatable bonds is 3. The molecule has 0 aliphatic carbocycles. The molecule has 0 aromatic rings. The summed E-state index contributed by atoms with van der Waals surface area (Å²) in [6, 6.07) is 0.321. The van der Waals surface area contributed by atoms with Crippen molar-refractivity contribution in [3.05, 3.63) is 0 Å². The average Bonchev–Trinajstić information content (AvgIpc) is 1.95. The van der Waals surface area contributed by atoms with Crippen molar-refractivity contribution in [2.24, 2.45) is 21.1 Å². The molecule has 0 rings (SSSR count). The van der Waals surface area contributed by atoms with Gasteiger partial charge in [-0.15, -0.1) is 0 Å². The zero-order valence-corrected chi connectivity index (χ0v) is 8.41. The lowest BCUT2D eigenvalue weighted by molar-refractivity contribution is 0.316. The first-order valence-corrected chi connectivity index (χ1v) is 4.27. The van der Waals surface area contributed by atoms with Gasteiger partial charge in [-0.05, 0) is 11.8 Å². The van der Waals surface area contributed by atoms with E-state index in [0.717, 1.165) is 6.42 Å². The Kier molecular flexibility index (Phi) is 4.55. The van der Waals surface area contributed by atoms with Crippen LogP contribution in [0.5, 0.6) is 0 Å². The third-order valence-corrected chi connectivity index (χ3v) is 1.79. The summed E-state index contributed by atoms with van der Waals surface area (Å²) < 4.78 is 0. The van der Waals surface area contributed by atoms with Crippen LogP contribution < -0.4 is 5.73 Å². The Morgan fingerprint density at radius 3 is 2.33 bits per heavy atom. The van der Waals surface area contributed by atoms with E-state index < -0.39 is 0 Å². The third-order valence-electron chi connectivity index (χ3n) is 1.79. The second-order valence-corrected chi connectivity index (χ2v) is 3.85. The Labute approximate surface area is 74.8 Å². The summed E-state index contributed by atoms with van der Waals surface area (Å²) in [5.74, 6) is 0. The van der Waals surface area contributed by atoms with E-state index in [4.69, 9.17) is 5.73 Å². The van der Waals surface area contributed by atoms with Crippen molar-refractivity contribution in [2.45, 2.75) is 40.2 Å². The van der Waals surface area contributed by atoms with Crippen LogP contribution in [0.15, 0.2) is 9.98 Å². The van der Waals surface area contributed by atoms with Crippen molar-refractivity contribution >= 4 is 12.7 Å². The molecule has 70 valence electrons. The van der Waals surface area contributed by atoms with Gasteiger partial charge in [0.2, 0.25) is 0 Å². The molecular formula is C9H19N3. The highest BCUT2D eigenvalue weighted by Gasteiger charge is 2.21. The molecule has 0 radical (unpaired) electrons. The molecule has 0 aliphatic rings. The van der Waals surface area contributed by atoms with Crippen molar-refractivity contribution in [3.8, 4) is 0 Å². The maximum Gasteiger partial charge on any atom is 0.111 e. The lowest BCUT2D eigenvalue weighted by atomic mass is 9.86. The number of hydrogen-bond acceptors (Lipinski definition) is 1. The largest absolute Gasteiger partial charge is 0.390 e. The average molecular weight is 169 g/mol. The van der Waals surface area contributed by atoms with Crippen LogP contribution in [0.25, 0.3) is 0 Å². The highest BCUT2D eigenvalue weighted by molar-refractivity contribution is 5.69. The summed E-state index contributed by atoms with van der Waals surface area (Å²) in [6.07, 6.45) is 3.80. The molecule has 3 nitrogen and oxygen atoms in total. The van der Waals surface area contributed by atoms with Crippen LogP contribution in [0.3, 0.4) is 0 Å². The lowest BCUT2D eigenvalue weighted by Crippen LogP contribution is -2.23. The molecule has 0 bridgehead atoms. The monoisotopic (exact) mass is 169 g/mol. The zero-order valence-electron chi connectivity index (χ0n) is 8.41. The lowest BCUT2D eigenvalue weighted by Gasteiger charge is -2.25. The van der Waals surface area contributed by atoms with Crippen LogP contribution in [-0.2, 0) is 0 Å². The third kappa shape index (κ3) is 4.11. The minimum absolute atomic E-state index is 0.204. The highest BCUT2D eigenvalue weighted by Crippen LogP contribution is 2.24. The molecule has 0 heterocycles. The summed E-state index contributed by atoms with van der Waals surface area (Å²) in [5, 5.41) is 0. The fraction of sp³-hybridized carbons (Fsp3) is 0.778. The van der Waals surface area contributed by atoms with Gasteiger partial charge in [-0.3, -0.25) is 4.99 Å². The quantitative estimate of drug-likeness (QED) is 0.508. The fourth-order valence-corrected chi connectivity index (χ4v) is 1.10. The summed E-state index contributed by atoms with van der Waals surface area (Å²) in [5.41, 5.74) is 5.29. The van der Waals surface area contributed by atoms with Crippen LogP contribution in [0, 0.1) is 5.41 Å². The van der Waals surface area contributed by atoms with Gasteiger partial charge in [-0.25, -0.2) is 4.99 Å². The van der Waals surface area contributed by atoms with Gasteiger partial charge >= 0.3 is 0 Å². The molecule has 0 spiro atoms. The Morgan fingerprint density at radius 1 is 1.42 bits per heavy atom. The van der Waals surface area contributed by atoms with E-state index in [1.807, 2.05) is 0 Å². The van der Waals surface area contributed by atoms with Crippen molar-refractivity contribution in [2.75, 3.05) is 0 Å². The van der Waals surface area contributed by atoms with Crippen LogP contribution in [0.2, 0.25) is 0 Å². The van der Waals surface area contributed by atoms with Gasteiger partial charge in [0.1, 0.15) is 6.34 Å². The molecule has 0 aliphatic heterocycles. The predicted molar refractivity (Wildman–Crippen MR) is 54.7 cm³/mol. The Bertz CT molecular complexity index is 165. The van der Waals surface area contributed by atoms with Crippen LogP contribution in [0.1, 0.15) is 34.1 Å². The molecule has 0 saturated carbocycles. The van der Waals surface area contributed by atoms with E-state index in [1.54, 1.807) is 0 Å². The van der Waals surface area contributed by atoms with Gasteiger partial charge in [-0.1, -0.05) is 27.7 Å². The Balaban J connectivity index is 4.18. The van der Waals surface area contributed by atoms with Crippen molar-refractivity contribution in [3.63, 3.8) is 0 Å². The van der Waals surface area contributed by atoms with E-state index in [9.17, 15) is 0 Å². The topological polar surface area (TPSA) is 50.7 Å². The van der Waals surface area contributed by atoms with Crippen LogP contribution in [-0.4, -0.2) is 18.7 Å². The van der Waals surface area contributed by atoms with E-state index in [1.165, 1.54) is 12.7 Å². The van der Waals surface area contributed by atoms with E-state index in [2.05, 4.69) is 37.7 Å². The van der Waals surface area contributed by atoms with E-state index in [-0.39, 0.29) is 5.41 Å². The first-order valence-electron chi connectivity index (χ1n) is 4.27. The Morgan fingerprint density at radius 2 is 2.00 bits per heavy atom. The summed E-state index contributed by atoms with van der Waals surface area (Å²) >= 11 is 0.